The van der Waals surface area contributed by atoms with Crippen molar-refractivity contribution in [2.75, 3.05) is 20.2 Å². The van der Waals surface area contributed by atoms with Crippen molar-refractivity contribution in [1.29, 1.82) is 0 Å². The lowest BCUT2D eigenvalue weighted by atomic mass is 9.57. The van der Waals surface area contributed by atoms with E-state index in [0.717, 1.165) is 0 Å². The van der Waals surface area contributed by atoms with Gasteiger partial charge in [0.25, 0.3) is 0 Å². The largest absolute Gasteiger partial charge is 0.469 e. The molecule has 1 aliphatic heterocycles. The van der Waals surface area contributed by atoms with E-state index in [9.17, 15) is 14.4 Å². The first-order valence-electron chi connectivity index (χ1n) is 10.2. The van der Waals surface area contributed by atoms with Crippen LogP contribution in [0.2, 0.25) is 10.0 Å². The number of hydrogen-bond donors (Lipinski definition) is 1. The van der Waals surface area contributed by atoms with Gasteiger partial charge in [-0.15, -0.1) is 0 Å². The summed E-state index contributed by atoms with van der Waals surface area (Å²) >= 11 is 12.2. The molecule has 1 spiro atoms. The summed E-state index contributed by atoms with van der Waals surface area (Å²) < 4.78 is 10.2. The van der Waals surface area contributed by atoms with E-state index in [-0.39, 0.29) is 29.8 Å². The predicted molar refractivity (Wildman–Crippen MR) is 117 cm³/mol. The zero-order valence-corrected chi connectivity index (χ0v) is 19.7. The molecule has 1 N–H and O–H groups in total. The molecule has 170 valence electrons. The van der Waals surface area contributed by atoms with Crippen LogP contribution in [-0.4, -0.2) is 48.7 Å². The van der Waals surface area contributed by atoms with Crippen molar-refractivity contribution in [2.24, 2.45) is 11.3 Å². The van der Waals surface area contributed by atoms with Crippen molar-refractivity contribution in [3.8, 4) is 0 Å². The minimum Gasteiger partial charge on any atom is -0.469 e. The first-order chi connectivity index (χ1) is 14.4. The Morgan fingerprint density at radius 1 is 1.16 bits per heavy atom. The van der Waals surface area contributed by atoms with E-state index in [1.54, 1.807) is 23.1 Å². The van der Waals surface area contributed by atoms with Crippen LogP contribution < -0.4 is 5.32 Å². The highest BCUT2D eigenvalue weighted by Gasteiger charge is 2.56. The fraction of sp³-hybridized carbons (Fsp3) is 0.591. The van der Waals surface area contributed by atoms with Crippen molar-refractivity contribution in [3.63, 3.8) is 0 Å². The minimum absolute atomic E-state index is 0.0177. The molecule has 0 unspecified atom stereocenters. The number of esters is 1. The van der Waals surface area contributed by atoms with Crippen LogP contribution in [0.1, 0.15) is 51.6 Å². The van der Waals surface area contributed by atoms with Gasteiger partial charge in [0, 0.05) is 34.5 Å². The monoisotopic (exact) mass is 470 g/mol. The van der Waals surface area contributed by atoms with Crippen LogP contribution in [0.25, 0.3) is 0 Å². The summed E-state index contributed by atoms with van der Waals surface area (Å²) in [6.45, 7) is 6.70. The third kappa shape index (κ3) is 5.83. The quantitative estimate of drug-likeness (QED) is 0.646. The number of carbonyl (C=O) groups is 3. The van der Waals surface area contributed by atoms with Crippen LogP contribution in [-0.2, 0) is 19.1 Å². The predicted octanol–water partition coefficient (Wildman–Crippen LogP) is 4.36. The van der Waals surface area contributed by atoms with Gasteiger partial charge in [-0.3, -0.25) is 9.59 Å². The highest BCUT2D eigenvalue weighted by Crippen LogP contribution is 2.52. The Morgan fingerprint density at radius 3 is 2.26 bits per heavy atom. The molecule has 0 bridgehead atoms. The molecular formula is C22H28Cl2N2O5. The average Bonchev–Trinajstić information content (AvgIpc) is 2.56. The van der Waals surface area contributed by atoms with Crippen molar-refractivity contribution >= 4 is 41.2 Å². The van der Waals surface area contributed by atoms with Gasteiger partial charge in [-0.1, -0.05) is 23.2 Å². The molecule has 1 aliphatic carbocycles. The number of hydrogen-bond acceptors (Lipinski definition) is 5. The molecule has 1 aromatic rings. The van der Waals surface area contributed by atoms with Gasteiger partial charge in [-0.05, 0) is 57.4 Å². The molecule has 3 rings (SSSR count). The van der Waals surface area contributed by atoms with Crippen molar-refractivity contribution < 1.29 is 23.9 Å². The zero-order chi connectivity index (χ0) is 23.0. The topological polar surface area (TPSA) is 84.9 Å². The van der Waals surface area contributed by atoms with Crippen LogP contribution in [0.15, 0.2) is 18.2 Å². The number of ether oxygens (including phenoxy) is 2. The Labute approximate surface area is 192 Å². The molecular weight excluding hydrogens is 443 g/mol. The highest BCUT2D eigenvalue weighted by molar-refractivity contribution is 6.34. The third-order valence-electron chi connectivity index (χ3n) is 5.64. The number of amides is 2. The van der Waals surface area contributed by atoms with E-state index in [0.29, 0.717) is 41.5 Å². The summed E-state index contributed by atoms with van der Waals surface area (Å²) in [5, 5.41) is 3.79. The molecule has 0 radical (unpaired) electrons. The van der Waals surface area contributed by atoms with Gasteiger partial charge in [0.15, 0.2) is 0 Å². The van der Waals surface area contributed by atoms with Crippen molar-refractivity contribution in [1.82, 2.24) is 10.2 Å². The molecule has 1 saturated carbocycles. The van der Waals surface area contributed by atoms with E-state index >= 15 is 0 Å². The molecule has 9 heteroatoms. The summed E-state index contributed by atoms with van der Waals surface area (Å²) in [6.07, 6.45) is 1.05. The summed E-state index contributed by atoms with van der Waals surface area (Å²) in [6, 6.07) is 4.35. The van der Waals surface area contributed by atoms with Crippen molar-refractivity contribution in [2.45, 2.75) is 51.7 Å². The summed E-state index contributed by atoms with van der Waals surface area (Å²) in [5.74, 6) is -0.750. The minimum atomic E-state index is -0.590. The van der Waals surface area contributed by atoms with Gasteiger partial charge in [0.2, 0.25) is 5.91 Å². The van der Waals surface area contributed by atoms with E-state index in [4.69, 9.17) is 32.7 Å². The van der Waals surface area contributed by atoms with Crippen LogP contribution in [0.3, 0.4) is 0 Å². The lowest BCUT2D eigenvalue weighted by Gasteiger charge is -2.58. The maximum Gasteiger partial charge on any atom is 0.410 e. The number of nitrogens with one attached hydrogen (secondary N) is 1. The van der Waals surface area contributed by atoms with Gasteiger partial charge in [-0.2, -0.15) is 0 Å². The number of likely N-dealkylation sites (tertiary alicyclic amines) is 1. The second-order valence-electron chi connectivity index (χ2n) is 9.49. The second-order valence-corrected chi connectivity index (χ2v) is 10.4. The Balaban J connectivity index is 1.56. The Morgan fingerprint density at radius 2 is 1.74 bits per heavy atom. The van der Waals surface area contributed by atoms with Gasteiger partial charge >= 0.3 is 12.1 Å². The summed E-state index contributed by atoms with van der Waals surface area (Å²) in [4.78, 5) is 38.5. The fourth-order valence-corrected chi connectivity index (χ4v) is 4.76. The number of methoxy groups -OCH3 is 1. The molecule has 1 atom stereocenters. The average molecular weight is 471 g/mol. The number of nitrogens with zero attached hydrogens (tertiary/aromatic N) is 1. The van der Waals surface area contributed by atoms with Gasteiger partial charge in [-0.25, -0.2) is 4.79 Å². The first-order valence-corrected chi connectivity index (χ1v) is 11.0. The van der Waals surface area contributed by atoms with E-state index < -0.39 is 17.6 Å². The van der Waals surface area contributed by atoms with E-state index in [1.807, 2.05) is 20.8 Å². The molecule has 2 fully saturated rings. The normalized spacial score (nSPS) is 18.6. The SMILES string of the molecule is COC(=O)C[C@H](NC(=O)C1CC2(C1)CN(C(=O)OC(C)(C)C)C2)c1cc(Cl)cc(Cl)c1. The number of rotatable bonds is 5. The summed E-state index contributed by atoms with van der Waals surface area (Å²) in [7, 11) is 1.30. The fourth-order valence-electron chi connectivity index (χ4n) is 4.22. The van der Waals surface area contributed by atoms with E-state index in [1.165, 1.54) is 7.11 Å². The lowest BCUT2D eigenvalue weighted by Crippen LogP contribution is -2.65. The van der Waals surface area contributed by atoms with Gasteiger partial charge in [0.05, 0.1) is 19.6 Å². The Kier molecular flexibility index (Phi) is 6.77. The van der Waals surface area contributed by atoms with Gasteiger partial charge < -0.3 is 19.7 Å². The van der Waals surface area contributed by atoms with Gasteiger partial charge in [0.1, 0.15) is 5.60 Å². The van der Waals surface area contributed by atoms with Crippen LogP contribution in [0, 0.1) is 11.3 Å². The Bertz CT molecular complexity index is 849. The molecule has 2 amide bonds. The maximum absolute atomic E-state index is 12.8. The maximum atomic E-state index is 12.8. The third-order valence-corrected chi connectivity index (χ3v) is 6.07. The molecule has 1 heterocycles. The molecule has 1 saturated heterocycles. The second kappa shape index (κ2) is 8.87. The van der Waals surface area contributed by atoms with Crippen LogP contribution in [0.5, 0.6) is 0 Å². The number of halogens is 2. The highest BCUT2D eigenvalue weighted by atomic mass is 35.5. The van der Waals surface area contributed by atoms with Crippen LogP contribution >= 0.6 is 23.2 Å². The van der Waals surface area contributed by atoms with Crippen LogP contribution in [0.4, 0.5) is 4.79 Å². The smallest absolute Gasteiger partial charge is 0.410 e. The number of carbonyl (C=O) groups excluding carboxylic acids is 3. The molecule has 1 aromatic carbocycles. The molecule has 31 heavy (non-hydrogen) atoms. The molecule has 2 aliphatic rings. The van der Waals surface area contributed by atoms with E-state index in [2.05, 4.69) is 5.32 Å². The summed E-state index contributed by atoms with van der Waals surface area (Å²) in [5.41, 5.74) is 0.0978. The van der Waals surface area contributed by atoms with Crippen molar-refractivity contribution in [3.05, 3.63) is 33.8 Å². The molecule has 7 nitrogen and oxygen atoms in total. The number of benzene rings is 1. The first kappa shape index (κ1) is 23.7. The standard InChI is InChI=1S/C22H28Cl2N2O5/c1-21(2,3)31-20(29)26-11-22(12-26)9-14(10-22)19(28)25-17(8-18(27)30-4)13-5-15(23)7-16(24)6-13/h5-7,14,17H,8-12H2,1-4H3,(H,25,28)/t17-/m0/s1. The zero-order valence-electron chi connectivity index (χ0n) is 18.2. The Hall–Kier alpha value is -1.99. The molecule has 0 aromatic heterocycles. The lowest BCUT2D eigenvalue weighted by molar-refractivity contribution is -0.145.